The van der Waals surface area contributed by atoms with E-state index < -0.39 is 0 Å². The molecule has 0 radical (unpaired) electrons. The first-order valence-corrected chi connectivity index (χ1v) is 8.25. The first-order chi connectivity index (χ1) is 10.3. The number of furan rings is 1. The maximum Gasteiger partial charge on any atom is 0.122 e. The average molecular weight is 294 g/mol. The van der Waals surface area contributed by atoms with Crippen molar-refractivity contribution in [3.63, 3.8) is 0 Å². The van der Waals surface area contributed by atoms with Crippen molar-refractivity contribution in [3.8, 4) is 0 Å². The van der Waals surface area contributed by atoms with Gasteiger partial charge in [-0.25, -0.2) is 0 Å². The molecule has 1 fully saturated rings. The van der Waals surface area contributed by atoms with Crippen molar-refractivity contribution in [1.82, 2.24) is 10.2 Å². The van der Waals surface area contributed by atoms with Crippen LogP contribution >= 0.6 is 0 Å². The van der Waals surface area contributed by atoms with Crippen molar-refractivity contribution in [2.24, 2.45) is 5.92 Å². The second-order valence-corrected chi connectivity index (χ2v) is 6.09. The van der Waals surface area contributed by atoms with Crippen molar-refractivity contribution >= 4 is 0 Å². The Morgan fingerprint density at radius 1 is 1.48 bits per heavy atom. The van der Waals surface area contributed by atoms with Crippen LogP contribution in [0.3, 0.4) is 0 Å². The van der Waals surface area contributed by atoms with Crippen molar-refractivity contribution in [1.29, 1.82) is 0 Å². The molecular formula is C17H30N2O2. The first-order valence-electron chi connectivity index (χ1n) is 8.25. The molecule has 1 aliphatic carbocycles. The molecule has 0 aromatic carbocycles. The minimum atomic E-state index is 0.613. The van der Waals surface area contributed by atoms with Crippen LogP contribution in [0.25, 0.3) is 0 Å². The molecule has 1 heterocycles. The quantitative estimate of drug-likeness (QED) is 0.637. The van der Waals surface area contributed by atoms with E-state index >= 15 is 0 Å². The van der Waals surface area contributed by atoms with Crippen LogP contribution in [0, 0.1) is 5.92 Å². The Balaban J connectivity index is 1.93. The second kappa shape index (κ2) is 8.57. The van der Waals surface area contributed by atoms with Gasteiger partial charge < -0.3 is 14.5 Å². The maximum absolute atomic E-state index is 5.73. The van der Waals surface area contributed by atoms with Gasteiger partial charge in [0, 0.05) is 31.8 Å². The zero-order valence-corrected chi connectivity index (χ0v) is 13.7. The Bertz CT molecular complexity index is 401. The summed E-state index contributed by atoms with van der Waals surface area (Å²) in [6.45, 7) is 9.11. The highest BCUT2D eigenvalue weighted by Crippen LogP contribution is 2.35. The van der Waals surface area contributed by atoms with E-state index in [1.807, 2.05) is 6.26 Å². The Kier molecular flexibility index (Phi) is 6.74. The Hall–Kier alpha value is -0.840. The number of hydrogen-bond acceptors (Lipinski definition) is 4. The molecule has 0 bridgehead atoms. The van der Waals surface area contributed by atoms with E-state index in [4.69, 9.17) is 9.15 Å². The van der Waals surface area contributed by atoms with Crippen LogP contribution < -0.4 is 5.32 Å². The molecule has 120 valence electrons. The van der Waals surface area contributed by atoms with Crippen LogP contribution in [0.1, 0.15) is 44.4 Å². The van der Waals surface area contributed by atoms with Gasteiger partial charge in [-0.1, -0.05) is 6.92 Å². The third-order valence-electron chi connectivity index (χ3n) is 4.39. The monoisotopic (exact) mass is 294 g/mol. The van der Waals surface area contributed by atoms with Gasteiger partial charge in [-0.15, -0.1) is 0 Å². The maximum atomic E-state index is 5.73. The van der Waals surface area contributed by atoms with Crippen LogP contribution in [-0.2, 0) is 17.8 Å². The summed E-state index contributed by atoms with van der Waals surface area (Å²) in [5, 5.41) is 3.46. The Morgan fingerprint density at radius 2 is 2.29 bits per heavy atom. The molecule has 0 spiro atoms. The Labute approximate surface area is 128 Å². The van der Waals surface area contributed by atoms with Crippen molar-refractivity contribution in [2.45, 2.75) is 52.2 Å². The summed E-state index contributed by atoms with van der Waals surface area (Å²) in [4.78, 5) is 2.50. The lowest BCUT2D eigenvalue weighted by molar-refractivity contribution is 0.105. The van der Waals surface area contributed by atoms with Crippen LogP contribution in [0.5, 0.6) is 0 Å². The summed E-state index contributed by atoms with van der Waals surface area (Å²) >= 11 is 0. The van der Waals surface area contributed by atoms with E-state index in [1.165, 1.54) is 18.4 Å². The number of nitrogens with one attached hydrogen (secondary N) is 1. The molecule has 1 aromatic rings. The van der Waals surface area contributed by atoms with Gasteiger partial charge in [0.25, 0.3) is 0 Å². The number of nitrogens with zero attached hydrogens (tertiary/aromatic N) is 1. The van der Waals surface area contributed by atoms with Crippen LogP contribution in [0.4, 0.5) is 0 Å². The lowest BCUT2D eigenvalue weighted by atomic mass is 10.1. The highest BCUT2D eigenvalue weighted by atomic mass is 16.5. The molecule has 1 aromatic heterocycles. The number of hydrogen-bond donors (Lipinski definition) is 1. The van der Waals surface area contributed by atoms with Crippen LogP contribution in [-0.4, -0.2) is 37.7 Å². The van der Waals surface area contributed by atoms with E-state index in [2.05, 4.69) is 30.1 Å². The minimum absolute atomic E-state index is 0.613. The van der Waals surface area contributed by atoms with Crippen molar-refractivity contribution in [3.05, 3.63) is 23.7 Å². The summed E-state index contributed by atoms with van der Waals surface area (Å²) < 4.78 is 11.0. The SMILES string of the molecule is CCCNCc1ccoc1CN(CCOC)C(C)C1CC1. The molecular weight excluding hydrogens is 264 g/mol. The zero-order valence-electron chi connectivity index (χ0n) is 13.7. The number of methoxy groups -OCH3 is 1. The fraction of sp³-hybridized carbons (Fsp3) is 0.765. The number of ether oxygens (including phenoxy) is 1. The molecule has 0 aliphatic heterocycles. The lowest BCUT2D eigenvalue weighted by Crippen LogP contribution is -2.36. The first kappa shape index (κ1) is 16.5. The molecule has 1 unspecified atom stereocenters. The molecule has 1 saturated carbocycles. The summed E-state index contributed by atoms with van der Waals surface area (Å²) in [6, 6.07) is 2.70. The number of rotatable bonds is 11. The van der Waals surface area contributed by atoms with Gasteiger partial charge in [0.05, 0.1) is 19.4 Å². The van der Waals surface area contributed by atoms with Crippen molar-refractivity contribution < 1.29 is 9.15 Å². The summed E-state index contributed by atoms with van der Waals surface area (Å²) in [5.41, 5.74) is 1.29. The van der Waals surface area contributed by atoms with Gasteiger partial charge in [-0.2, -0.15) is 0 Å². The zero-order chi connectivity index (χ0) is 15.1. The standard InChI is InChI=1S/C17H30N2O2/c1-4-8-18-12-16-7-10-21-17(16)13-19(9-11-20-3)14(2)15-5-6-15/h7,10,14-15,18H,4-6,8-9,11-13H2,1-3H3. The van der Waals surface area contributed by atoms with Crippen molar-refractivity contribution in [2.75, 3.05) is 26.8 Å². The minimum Gasteiger partial charge on any atom is -0.468 e. The third kappa shape index (κ3) is 5.13. The predicted molar refractivity (Wildman–Crippen MR) is 85.2 cm³/mol. The van der Waals surface area contributed by atoms with E-state index in [-0.39, 0.29) is 0 Å². The average Bonchev–Trinajstić information content (AvgIpc) is 3.25. The summed E-state index contributed by atoms with van der Waals surface area (Å²) in [7, 11) is 1.77. The molecule has 4 nitrogen and oxygen atoms in total. The molecule has 1 aliphatic rings. The normalized spacial score (nSPS) is 16.6. The molecule has 2 rings (SSSR count). The molecule has 0 amide bonds. The third-order valence-corrected chi connectivity index (χ3v) is 4.39. The van der Waals surface area contributed by atoms with Gasteiger partial charge in [-0.05, 0) is 44.7 Å². The molecule has 1 atom stereocenters. The Morgan fingerprint density at radius 3 is 2.95 bits per heavy atom. The van der Waals surface area contributed by atoms with Gasteiger partial charge in [-0.3, -0.25) is 4.90 Å². The lowest BCUT2D eigenvalue weighted by Gasteiger charge is -2.28. The van der Waals surface area contributed by atoms with Crippen LogP contribution in [0.15, 0.2) is 16.7 Å². The summed E-state index contributed by atoms with van der Waals surface area (Å²) in [6.07, 6.45) is 5.71. The van der Waals surface area contributed by atoms with Crippen LogP contribution in [0.2, 0.25) is 0 Å². The van der Waals surface area contributed by atoms with Gasteiger partial charge in [0.15, 0.2) is 0 Å². The fourth-order valence-electron chi connectivity index (χ4n) is 2.76. The molecule has 21 heavy (non-hydrogen) atoms. The van der Waals surface area contributed by atoms with E-state index in [1.54, 1.807) is 7.11 Å². The fourth-order valence-corrected chi connectivity index (χ4v) is 2.76. The molecule has 1 N–H and O–H groups in total. The predicted octanol–water partition coefficient (Wildman–Crippen LogP) is 3.03. The van der Waals surface area contributed by atoms with E-state index in [0.29, 0.717) is 6.04 Å². The molecule has 4 heteroatoms. The summed E-state index contributed by atoms with van der Waals surface area (Å²) in [5.74, 6) is 1.96. The topological polar surface area (TPSA) is 37.6 Å². The van der Waals surface area contributed by atoms with Gasteiger partial charge in [0.2, 0.25) is 0 Å². The van der Waals surface area contributed by atoms with Gasteiger partial charge in [0.1, 0.15) is 5.76 Å². The van der Waals surface area contributed by atoms with E-state index in [9.17, 15) is 0 Å². The highest BCUT2D eigenvalue weighted by Gasteiger charge is 2.32. The van der Waals surface area contributed by atoms with Gasteiger partial charge >= 0.3 is 0 Å². The smallest absolute Gasteiger partial charge is 0.122 e. The largest absolute Gasteiger partial charge is 0.468 e. The second-order valence-electron chi connectivity index (χ2n) is 6.09. The van der Waals surface area contributed by atoms with E-state index in [0.717, 1.165) is 50.9 Å². The highest BCUT2D eigenvalue weighted by molar-refractivity contribution is 5.17. The molecule has 0 saturated heterocycles.